The van der Waals surface area contributed by atoms with Crippen molar-refractivity contribution in [1.82, 2.24) is 4.90 Å². The molecule has 1 saturated heterocycles. The summed E-state index contributed by atoms with van der Waals surface area (Å²) in [6.07, 6.45) is -0.567. The third kappa shape index (κ3) is 3.13. The summed E-state index contributed by atoms with van der Waals surface area (Å²) >= 11 is 0. The van der Waals surface area contributed by atoms with Crippen LogP contribution in [-0.4, -0.2) is 34.6 Å². The quantitative estimate of drug-likeness (QED) is 0.860. The highest BCUT2D eigenvalue weighted by Crippen LogP contribution is 2.53. The minimum Gasteiger partial charge on any atom is -0.390 e. The normalized spacial score (nSPS) is 33.0. The van der Waals surface area contributed by atoms with Crippen LogP contribution >= 0.6 is 0 Å². The average molecular weight is 367 g/mol. The molecule has 3 nitrogen and oxygen atoms in total. The van der Waals surface area contributed by atoms with Gasteiger partial charge in [-0.1, -0.05) is 18.2 Å². The second-order valence-electron chi connectivity index (χ2n) is 8.86. The Balaban J connectivity index is 1.36. The van der Waals surface area contributed by atoms with Gasteiger partial charge in [-0.25, -0.2) is 0 Å². The van der Waals surface area contributed by atoms with E-state index in [1.54, 1.807) is 13.0 Å². The van der Waals surface area contributed by atoms with Gasteiger partial charge < -0.3 is 10.0 Å². The molecule has 0 unspecified atom stereocenters. The van der Waals surface area contributed by atoms with Crippen molar-refractivity contribution >= 4 is 5.91 Å². The van der Waals surface area contributed by atoms with Crippen LogP contribution in [0.25, 0.3) is 0 Å². The van der Waals surface area contributed by atoms with E-state index >= 15 is 0 Å². The molecule has 3 aliphatic rings. The van der Waals surface area contributed by atoms with E-state index in [0.717, 1.165) is 30.9 Å². The van der Waals surface area contributed by atoms with Gasteiger partial charge >= 0.3 is 6.18 Å². The van der Waals surface area contributed by atoms with Crippen LogP contribution in [0.2, 0.25) is 0 Å². The molecule has 1 amide bonds. The lowest BCUT2D eigenvalue weighted by molar-refractivity contribution is -0.161. The molecule has 2 saturated carbocycles. The zero-order valence-corrected chi connectivity index (χ0v) is 14.9. The van der Waals surface area contributed by atoms with Crippen molar-refractivity contribution in [3.05, 3.63) is 35.4 Å². The molecule has 0 aromatic heterocycles. The molecule has 26 heavy (non-hydrogen) atoms. The van der Waals surface area contributed by atoms with Crippen LogP contribution in [0.5, 0.6) is 0 Å². The van der Waals surface area contributed by atoms with Crippen molar-refractivity contribution in [2.24, 2.45) is 11.3 Å². The van der Waals surface area contributed by atoms with Crippen LogP contribution in [0.4, 0.5) is 13.2 Å². The summed E-state index contributed by atoms with van der Waals surface area (Å²) in [7, 11) is 0. The van der Waals surface area contributed by atoms with Gasteiger partial charge in [0.25, 0.3) is 0 Å². The van der Waals surface area contributed by atoms with Gasteiger partial charge in [0.05, 0.1) is 11.2 Å². The molecular formula is C20H24F3NO2. The molecule has 1 aromatic carbocycles. The molecule has 2 aliphatic carbocycles. The lowest BCUT2D eigenvalue weighted by Gasteiger charge is -2.52. The number of amides is 1. The molecule has 1 spiro atoms. The molecule has 4 rings (SSSR count). The van der Waals surface area contributed by atoms with E-state index in [2.05, 4.69) is 0 Å². The van der Waals surface area contributed by atoms with Gasteiger partial charge in [0.15, 0.2) is 0 Å². The number of hydrogen-bond donors (Lipinski definition) is 1. The van der Waals surface area contributed by atoms with Gasteiger partial charge in [0, 0.05) is 24.4 Å². The van der Waals surface area contributed by atoms with Crippen LogP contribution in [0.1, 0.15) is 56.1 Å². The fraction of sp³-hybridized carbons (Fsp3) is 0.650. The summed E-state index contributed by atoms with van der Waals surface area (Å²) in [4.78, 5) is 14.3. The summed E-state index contributed by atoms with van der Waals surface area (Å²) < 4.78 is 38.8. The third-order valence-electron chi connectivity index (χ3n) is 6.47. The van der Waals surface area contributed by atoms with Crippen LogP contribution in [0, 0.1) is 11.3 Å². The molecule has 1 atom stereocenters. The highest BCUT2D eigenvalue weighted by atomic mass is 19.4. The van der Waals surface area contributed by atoms with E-state index in [-0.39, 0.29) is 23.2 Å². The van der Waals surface area contributed by atoms with E-state index in [4.69, 9.17) is 0 Å². The minimum atomic E-state index is -4.31. The van der Waals surface area contributed by atoms with Gasteiger partial charge in [0.2, 0.25) is 5.91 Å². The van der Waals surface area contributed by atoms with Crippen LogP contribution in [0.15, 0.2) is 24.3 Å². The van der Waals surface area contributed by atoms with E-state index in [9.17, 15) is 23.1 Å². The van der Waals surface area contributed by atoms with Gasteiger partial charge in [0.1, 0.15) is 0 Å². The fourth-order valence-electron chi connectivity index (χ4n) is 5.10. The topological polar surface area (TPSA) is 40.5 Å². The van der Waals surface area contributed by atoms with Crippen molar-refractivity contribution in [3.63, 3.8) is 0 Å². The van der Waals surface area contributed by atoms with Gasteiger partial charge in [-0.15, -0.1) is 0 Å². The smallest absolute Gasteiger partial charge is 0.390 e. The highest BCUT2D eigenvalue weighted by Gasteiger charge is 2.53. The first-order chi connectivity index (χ1) is 12.1. The summed E-state index contributed by atoms with van der Waals surface area (Å²) in [6.45, 7) is 3.17. The van der Waals surface area contributed by atoms with E-state index in [1.807, 2.05) is 4.90 Å². The highest BCUT2D eigenvalue weighted by molar-refractivity contribution is 5.81. The van der Waals surface area contributed by atoms with Crippen LogP contribution in [-0.2, 0) is 11.0 Å². The Morgan fingerprint density at radius 3 is 2.54 bits per heavy atom. The number of aliphatic hydroxyl groups is 1. The number of likely N-dealkylation sites (tertiary alicyclic amines) is 1. The Morgan fingerprint density at radius 2 is 1.92 bits per heavy atom. The van der Waals surface area contributed by atoms with Gasteiger partial charge in [-0.2, -0.15) is 13.2 Å². The monoisotopic (exact) mass is 367 g/mol. The zero-order chi connectivity index (χ0) is 18.7. The van der Waals surface area contributed by atoms with Gasteiger partial charge in [-0.05, 0) is 56.6 Å². The summed E-state index contributed by atoms with van der Waals surface area (Å²) in [5, 5.41) is 9.80. The SMILES string of the molecule is CC1(O)CC(C(=O)N2CC3(CC[C@H](c4cccc(C(F)(F)F)c4)C3)C2)C1. The Labute approximate surface area is 151 Å². The van der Waals surface area contributed by atoms with Crippen molar-refractivity contribution in [2.45, 2.75) is 56.7 Å². The predicted molar refractivity (Wildman–Crippen MR) is 90.4 cm³/mol. The summed E-state index contributed by atoms with van der Waals surface area (Å²) in [5.41, 5.74) is -0.457. The molecule has 3 fully saturated rings. The largest absolute Gasteiger partial charge is 0.416 e. The lowest BCUT2D eigenvalue weighted by Crippen LogP contribution is -2.61. The number of carbonyl (C=O) groups excluding carboxylic acids is 1. The predicted octanol–water partition coefficient (Wildman–Crippen LogP) is 3.96. The number of nitrogens with zero attached hydrogens (tertiary/aromatic N) is 1. The molecule has 1 aromatic rings. The molecule has 142 valence electrons. The molecule has 1 heterocycles. The molecule has 1 aliphatic heterocycles. The number of rotatable bonds is 2. The summed E-state index contributed by atoms with van der Waals surface area (Å²) in [5.74, 6) is 0.201. The zero-order valence-electron chi connectivity index (χ0n) is 14.9. The first kappa shape index (κ1) is 17.8. The van der Waals surface area contributed by atoms with Gasteiger partial charge in [-0.3, -0.25) is 4.79 Å². The Hall–Kier alpha value is -1.56. The maximum Gasteiger partial charge on any atom is 0.416 e. The molecule has 0 radical (unpaired) electrons. The second-order valence-corrected chi connectivity index (χ2v) is 8.86. The minimum absolute atomic E-state index is 0.0667. The first-order valence-corrected chi connectivity index (χ1v) is 9.25. The van der Waals surface area contributed by atoms with Crippen LogP contribution in [0.3, 0.4) is 0 Å². The molecule has 6 heteroatoms. The first-order valence-electron chi connectivity index (χ1n) is 9.25. The number of benzene rings is 1. The number of alkyl halides is 3. The summed E-state index contributed by atoms with van der Waals surface area (Å²) in [6, 6.07) is 5.67. The van der Waals surface area contributed by atoms with E-state index in [1.165, 1.54) is 12.1 Å². The number of carbonyl (C=O) groups is 1. The molecular weight excluding hydrogens is 343 g/mol. The average Bonchev–Trinajstić information content (AvgIpc) is 2.95. The third-order valence-corrected chi connectivity index (χ3v) is 6.47. The van der Waals surface area contributed by atoms with Crippen molar-refractivity contribution in [2.75, 3.05) is 13.1 Å². The number of halogens is 3. The second kappa shape index (κ2) is 5.72. The van der Waals surface area contributed by atoms with Crippen molar-refractivity contribution in [3.8, 4) is 0 Å². The lowest BCUT2D eigenvalue weighted by atomic mass is 9.69. The van der Waals surface area contributed by atoms with Crippen molar-refractivity contribution < 1.29 is 23.1 Å². The fourth-order valence-corrected chi connectivity index (χ4v) is 5.10. The van der Waals surface area contributed by atoms with E-state index in [0.29, 0.717) is 25.9 Å². The maximum absolute atomic E-state index is 12.9. The van der Waals surface area contributed by atoms with E-state index < -0.39 is 17.3 Å². The van der Waals surface area contributed by atoms with Crippen LogP contribution < -0.4 is 0 Å². The van der Waals surface area contributed by atoms with Crippen molar-refractivity contribution in [1.29, 1.82) is 0 Å². The Morgan fingerprint density at radius 1 is 1.23 bits per heavy atom. The molecule has 0 bridgehead atoms. The Kier molecular flexibility index (Phi) is 3.92. The number of hydrogen-bond acceptors (Lipinski definition) is 2. The standard InChI is InChI=1S/C20H24F3NO2/c1-18(26)8-15(9-18)17(25)24-11-19(12-24)6-5-14(10-19)13-3-2-4-16(7-13)20(21,22)23/h2-4,7,14-15,26H,5-6,8-12H2,1H3/t14-,15?,18?/m0/s1. The Bertz CT molecular complexity index is 714. The maximum atomic E-state index is 12.9. The molecule has 1 N–H and O–H groups in total.